The van der Waals surface area contributed by atoms with Crippen LogP contribution in [0.15, 0.2) is 51.3 Å². The molecule has 0 radical (unpaired) electrons. The second kappa shape index (κ2) is 9.03. The Morgan fingerprint density at radius 1 is 0.867 bits per heavy atom. The highest BCUT2D eigenvalue weighted by Crippen LogP contribution is 2.21. The molecule has 0 aliphatic carbocycles. The molecule has 2 heterocycles. The van der Waals surface area contributed by atoms with Crippen molar-refractivity contribution in [2.24, 2.45) is 0 Å². The standard InChI is InChI=1S/C24H28N2O4/c1-14-11-20(17(4)29-14)23(27)25-13-22(16(3)19-9-7-6-8-10-19)26-24(28)21-12-15(2)30-18(21)5/h6-12,16,22H,13H2,1-5H3,(H,25,27)(H,26,28). The van der Waals surface area contributed by atoms with Crippen LogP contribution in [0.4, 0.5) is 0 Å². The number of hydrogen-bond donors (Lipinski definition) is 2. The van der Waals surface area contributed by atoms with Crippen molar-refractivity contribution in [3.05, 3.63) is 82.2 Å². The van der Waals surface area contributed by atoms with Gasteiger partial charge in [-0.05, 0) is 45.4 Å². The number of carbonyl (C=O) groups excluding carboxylic acids is 2. The molecule has 0 aliphatic rings. The summed E-state index contributed by atoms with van der Waals surface area (Å²) in [5, 5.41) is 6.02. The third-order valence-electron chi connectivity index (χ3n) is 5.30. The molecule has 0 saturated carbocycles. The molecule has 0 saturated heterocycles. The molecular formula is C24H28N2O4. The maximum absolute atomic E-state index is 12.9. The van der Waals surface area contributed by atoms with Crippen LogP contribution in [0.25, 0.3) is 0 Å². The topological polar surface area (TPSA) is 84.5 Å². The minimum atomic E-state index is -0.313. The summed E-state index contributed by atoms with van der Waals surface area (Å²) < 4.78 is 10.9. The lowest BCUT2D eigenvalue weighted by atomic mass is 9.92. The molecule has 30 heavy (non-hydrogen) atoms. The van der Waals surface area contributed by atoms with Gasteiger partial charge in [0.2, 0.25) is 0 Å². The SMILES string of the molecule is Cc1cc(C(=O)NCC(NC(=O)c2cc(C)oc2C)C(C)c2ccccc2)c(C)o1. The van der Waals surface area contributed by atoms with E-state index in [0.29, 0.717) is 34.2 Å². The van der Waals surface area contributed by atoms with Crippen molar-refractivity contribution < 1.29 is 18.4 Å². The van der Waals surface area contributed by atoms with E-state index in [2.05, 4.69) is 10.6 Å². The maximum Gasteiger partial charge on any atom is 0.255 e. The Kier molecular flexibility index (Phi) is 6.45. The Labute approximate surface area is 176 Å². The van der Waals surface area contributed by atoms with Gasteiger partial charge in [0.1, 0.15) is 23.0 Å². The summed E-state index contributed by atoms with van der Waals surface area (Å²) in [7, 11) is 0. The number of rotatable bonds is 7. The highest BCUT2D eigenvalue weighted by atomic mass is 16.3. The summed E-state index contributed by atoms with van der Waals surface area (Å²) in [5.74, 6) is 2.06. The molecule has 3 rings (SSSR count). The van der Waals surface area contributed by atoms with E-state index in [1.165, 1.54) is 0 Å². The second-order valence-corrected chi connectivity index (χ2v) is 7.64. The third-order valence-corrected chi connectivity index (χ3v) is 5.30. The summed E-state index contributed by atoms with van der Waals surface area (Å²) in [6.07, 6.45) is 0. The summed E-state index contributed by atoms with van der Waals surface area (Å²) in [6, 6.07) is 13.0. The molecule has 3 aromatic rings. The van der Waals surface area contributed by atoms with E-state index < -0.39 is 0 Å². The molecule has 2 aromatic heterocycles. The second-order valence-electron chi connectivity index (χ2n) is 7.64. The van der Waals surface area contributed by atoms with Gasteiger partial charge in [-0.3, -0.25) is 9.59 Å². The first-order chi connectivity index (χ1) is 14.3. The zero-order valence-corrected chi connectivity index (χ0v) is 18.0. The van der Waals surface area contributed by atoms with E-state index in [0.717, 1.165) is 5.56 Å². The molecule has 0 fully saturated rings. The predicted octanol–water partition coefficient (Wildman–Crippen LogP) is 4.44. The van der Waals surface area contributed by atoms with E-state index >= 15 is 0 Å². The number of benzene rings is 1. The van der Waals surface area contributed by atoms with Crippen LogP contribution in [0.2, 0.25) is 0 Å². The molecule has 2 N–H and O–H groups in total. The van der Waals surface area contributed by atoms with Crippen molar-refractivity contribution >= 4 is 11.8 Å². The maximum atomic E-state index is 12.9. The normalized spacial score (nSPS) is 13.0. The minimum Gasteiger partial charge on any atom is -0.466 e. The first-order valence-electron chi connectivity index (χ1n) is 10.0. The zero-order chi connectivity index (χ0) is 21.8. The molecule has 2 unspecified atom stereocenters. The van der Waals surface area contributed by atoms with Crippen LogP contribution >= 0.6 is 0 Å². The molecule has 0 aliphatic heterocycles. The molecule has 158 valence electrons. The number of hydrogen-bond acceptors (Lipinski definition) is 4. The van der Waals surface area contributed by atoms with Crippen LogP contribution in [0, 0.1) is 27.7 Å². The van der Waals surface area contributed by atoms with Crippen LogP contribution in [0.5, 0.6) is 0 Å². The van der Waals surface area contributed by atoms with Gasteiger partial charge in [0.15, 0.2) is 0 Å². The van der Waals surface area contributed by atoms with Gasteiger partial charge in [-0.15, -0.1) is 0 Å². The number of furan rings is 2. The van der Waals surface area contributed by atoms with Crippen LogP contribution in [0.3, 0.4) is 0 Å². The molecule has 2 amide bonds. The van der Waals surface area contributed by atoms with Crippen molar-refractivity contribution in [1.29, 1.82) is 0 Å². The molecule has 0 bridgehead atoms. The highest BCUT2D eigenvalue weighted by Gasteiger charge is 2.25. The fourth-order valence-corrected chi connectivity index (χ4v) is 3.60. The quantitative estimate of drug-likeness (QED) is 0.605. The Morgan fingerprint density at radius 3 is 1.90 bits per heavy atom. The van der Waals surface area contributed by atoms with Gasteiger partial charge in [0.05, 0.1) is 17.2 Å². The van der Waals surface area contributed by atoms with Crippen LogP contribution in [-0.4, -0.2) is 24.4 Å². The van der Waals surface area contributed by atoms with Gasteiger partial charge >= 0.3 is 0 Å². The van der Waals surface area contributed by atoms with Crippen molar-refractivity contribution in [3.63, 3.8) is 0 Å². The molecule has 6 heteroatoms. The van der Waals surface area contributed by atoms with E-state index in [-0.39, 0.29) is 30.3 Å². The summed E-state index contributed by atoms with van der Waals surface area (Å²) >= 11 is 0. The first kappa shape index (κ1) is 21.4. The van der Waals surface area contributed by atoms with Crippen molar-refractivity contribution in [3.8, 4) is 0 Å². The Morgan fingerprint density at radius 2 is 1.40 bits per heavy atom. The van der Waals surface area contributed by atoms with E-state index in [1.807, 2.05) is 44.2 Å². The average molecular weight is 408 g/mol. The number of carbonyl (C=O) groups is 2. The van der Waals surface area contributed by atoms with E-state index in [4.69, 9.17) is 8.83 Å². The summed E-state index contributed by atoms with van der Waals surface area (Å²) in [4.78, 5) is 25.6. The minimum absolute atomic E-state index is 0.0177. The van der Waals surface area contributed by atoms with Gasteiger partial charge in [-0.25, -0.2) is 0 Å². The first-order valence-corrected chi connectivity index (χ1v) is 10.0. The summed E-state index contributed by atoms with van der Waals surface area (Å²) in [6.45, 7) is 9.46. The van der Waals surface area contributed by atoms with Gasteiger partial charge in [-0.2, -0.15) is 0 Å². The largest absolute Gasteiger partial charge is 0.466 e. The fraction of sp³-hybridized carbons (Fsp3) is 0.333. The average Bonchev–Trinajstić information content (AvgIpc) is 3.24. The lowest BCUT2D eigenvalue weighted by Crippen LogP contribution is -2.46. The Bertz CT molecular complexity index is 1030. The van der Waals surface area contributed by atoms with Gasteiger partial charge in [-0.1, -0.05) is 37.3 Å². The smallest absolute Gasteiger partial charge is 0.255 e. The monoisotopic (exact) mass is 408 g/mol. The predicted molar refractivity (Wildman–Crippen MR) is 115 cm³/mol. The fourth-order valence-electron chi connectivity index (χ4n) is 3.60. The molecular weight excluding hydrogens is 380 g/mol. The van der Waals surface area contributed by atoms with Crippen LogP contribution in [-0.2, 0) is 0 Å². The lowest BCUT2D eigenvalue weighted by molar-refractivity contribution is 0.0901. The van der Waals surface area contributed by atoms with Crippen molar-refractivity contribution in [1.82, 2.24) is 10.6 Å². The Balaban J connectivity index is 1.78. The van der Waals surface area contributed by atoms with Crippen LogP contribution < -0.4 is 10.6 Å². The number of aryl methyl sites for hydroxylation is 4. The van der Waals surface area contributed by atoms with Gasteiger partial charge < -0.3 is 19.5 Å². The van der Waals surface area contributed by atoms with E-state index in [1.54, 1.807) is 32.9 Å². The lowest BCUT2D eigenvalue weighted by Gasteiger charge is -2.26. The van der Waals surface area contributed by atoms with Gasteiger partial charge in [0.25, 0.3) is 11.8 Å². The zero-order valence-electron chi connectivity index (χ0n) is 18.0. The molecule has 2 atom stereocenters. The van der Waals surface area contributed by atoms with Crippen molar-refractivity contribution in [2.75, 3.05) is 6.54 Å². The number of amides is 2. The Hall–Kier alpha value is -3.28. The van der Waals surface area contributed by atoms with Crippen LogP contribution in [0.1, 0.15) is 62.2 Å². The molecule has 6 nitrogen and oxygen atoms in total. The molecule has 1 aromatic carbocycles. The summed E-state index contributed by atoms with van der Waals surface area (Å²) in [5.41, 5.74) is 2.09. The number of nitrogens with one attached hydrogen (secondary N) is 2. The van der Waals surface area contributed by atoms with Gasteiger partial charge in [0, 0.05) is 12.5 Å². The third kappa shape index (κ3) is 4.82. The highest BCUT2D eigenvalue weighted by molar-refractivity contribution is 5.96. The van der Waals surface area contributed by atoms with E-state index in [9.17, 15) is 9.59 Å². The molecule has 0 spiro atoms. The van der Waals surface area contributed by atoms with Crippen molar-refractivity contribution in [2.45, 2.75) is 46.6 Å².